The monoisotopic (exact) mass is 406 g/mol. The maximum Gasteiger partial charge on any atom is 0.441 e. The Labute approximate surface area is 160 Å². The van der Waals surface area contributed by atoms with Crippen LogP contribution in [0.5, 0.6) is 0 Å². The number of nitrogens with one attached hydrogen (secondary N) is 1. The van der Waals surface area contributed by atoms with E-state index in [1.807, 2.05) is 11.4 Å². The third kappa shape index (κ3) is 4.86. The third-order valence-electron chi connectivity index (χ3n) is 3.31. The Hall–Kier alpha value is -2.85. The fourth-order valence-corrected chi connectivity index (χ4v) is 3.55. The van der Waals surface area contributed by atoms with Crippen LogP contribution in [0.25, 0.3) is 10.4 Å². The Kier molecular flexibility index (Phi) is 6.09. The average Bonchev–Trinajstić information content (AvgIpc) is 3.17. The van der Waals surface area contributed by atoms with Gasteiger partial charge in [-0.15, -0.1) is 15.7 Å². The Morgan fingerprint density at radius 2 is 2.11 bits per heavy atom. The van der Waals surface area contributed by atoms with E-state index in [0.29, 0.717) is 16.1 Å². The van der Waals surface area contributed by atoms with Gasteiger partial charge in [-0.05, 0) is 42.6 Å². The number of benzene rings is 1. The summed E-state index contributed by atoms with van der Waals surface area (Å²) in [6, 6.07) is 9.92. The van der Waals surface area contributed by atoms with Gasteiger partial charge >= 0.3 is 6.09 Å². The predicted molar refractivity (Wildman–Crippen MR) is 102 cm³/mol. The van der Waals surface area contributed by atoms with Gasteiger partial charge < -0.3 is 10.1 Å². The zero-order valence-electron chi connectivity index (χ0n) is 14.1. The molecule has 2 heterocycles. The molecule has 0 spiro atoms. The van der Waals surface area contributed by atoms with E-state index in [0.717, 1.165) is 4.88 Å². The van der Waals surface area contributed by atoms with Crippen molar-refractivity contribution in [1.82, 2.24) is 9.97 Å². The van der Waals surface area contributed by atoms with Crippen LogP contribution in [0.2, 0.25) is 0 Å². The number of nitrogens with zero attached hydrogens (tertiary/aromatic N) is 3. The fourth-order valence-electron chi connectivity index (χ4n) is 2.10. The minimum Gasteiger partial charge on any atom is -0.448 e. The normalized spacial score (nSPS) is 11.9. The number of hydrogen-bond donors (Lipinski definition) is 2. The molecule has 7 nitrogen and oxygen atoms in total. The van der Waals surface area contributed by atoms with E-state index >= 15 is 0 Å². The van der Waals surface area contributed by atoms with E-state index in [-0.39, 0.29) is 12.6 Å². The van der Waals surface area contributed by atoms with Crippen LogP contribution in [0.4, 0.5) is 20.8 Å². The predicted octanol–water partition coefficient (Wildman–Crippen LogP) is 4.27. The molecule has 1 N–H and O–H groups in total. The second-order valence-corrected chi connectivity index (χ2v) is 7.33. The first kappa shape index (κ1) is 18.9. The molecule has 0 aliphatic heterocycles. The van der Waals surface area contributed by atoms with Crippen molar-refractivity contribution in [3.8, 4) is 10.4 Å². The lowest BCUT2D eigenvalue weighted by molar-refractivity contribution is 0.164. The first-order valence-corrected chi connectivity index (χ1v) is 9.95. The maximum atomic E-state index is 14.2. The summed E-state index contributed by atoms with van der Waals surface area (Å²) >= 11 is 1.40. The number of anilines is 2. The first-order valence-electron chi connectivity index (χ1n) is 7.86. The highest BCUT2D eigenvalue weighted by Gasteiger charge is 2.10. The number of ether oxygens (including phenoxy) is 1. The Balaban J connectivity index is 1.72. The quantitative estimate of drug-likeness (QED) is 0.486. The second kappa shape index (κ2) is 8.69. The minimum absolute atomic E-state index is 0.0983. The molecule has 0 bridgehead atoms. The molecule has 27 heavy (non-hydrogen) atoms. The Morgan fingerprint density at radius 1 is 1.33 bits per heavy atom. The molecular weight excluding hydrogens is 391 g/mol. The van der Waals surface area contributed by atoms with E-state index in [9.17, 15) is 13.4 Å². The van der Waals surface area contributed by atoms with Gasteiger partial charge in [-0.25, -0.2) is 14.0 Å². The molecule has 1 atom stereocenters. The molecule has 0 aliphatic carbocycles. The highest BCUT2D eigenvalue weighted by Crippen LogP contribution is 2.26. The average molecular weight is 406 g/mol. The van der Waals surface area contributed by atoms with Crippen LogP contribution >= 0.6 is 11.3 Å². The van der Waals surface area contributed by atoms with Gasteiger partial charge in [0.05, 0.1) is 22.8 Å². The van der Waals surface area contributed by atoms with Gasteiger partial charge in [-0.3, -0.25) is 0 Å². The van der Waals surface area contributed by atoms with E-state index < -0.39 is 22.6 Å². The van der Waals surface area contributed by atoms with E-state index in [4.69, 9.17) is 0 Å². The van der Waals surface area contributed by atoms with Crippen LogP contribution in [-0.2, 0) is 15.3 Å². The Bertz CT molecular complexity index is 1020. The lowest BCUT2D eigenvalue weighted by Gasteiger charge is -2.06. The maximum absolute atomic E-state index is 14.2. The molecule has 0 saturated carbocycles. The minimum atomic E-state index is -2.25. The van der Waals surface area contributed by atoms with Crippen molar-refractivity contribution in [1.29, 1.82) is 0 Å². The highest BCUT2D eigenvalue weighted by atomic mass is 32.2. The molecule has 1 unspecified atom stereocenters. The van der Waals surface area contributed by atoms with Crippen molar-refractivity contribution < 1.29 is 18.1 Å². The van der Waals surface area contributed by atoms with Gasteiger partial charge in [-0.2, -0.15) is 9.37 Å². The summed E-state index contributed by atoms with van der Waals surface area (Å²) in [7, 11) is -2.25. The number of halogens is 1. The molecule has 0 saturated heterocycles. The second-order valence-electron chi connectivity index (χ2n) is 5.12. The van der Waals surface area contributed by atoms with Gasteiger partial charge in [0.2, 0.25) is 11.9 Å². The van der Waals surface area contributed by atoms with Gasteiger partial charge in [0.15, 0.2) is 0 Å². The zero-order chi connectivity index (χ0) is 19.2. The largest absolute Gasteiger partial charge is 0.448 e. The van der Waals surface area contributed by atoms with Gasteiger partial charge in [0.25, 0.3) is 0 Å². The lowest BCUT2D eigenvalue weighted by atomic mass is 10.3. The van der Waals surface area contributed by atoms with Crippen LogP contribution in [0, 0.1) is 5.95 Å². The van der Waals surface area contributed by atoms with Crippen molar-refractivity contribution in [3.05, 3.63) is 53.9 Å². The van der Waals surface area contributed by atoms with Crippen LogP contribution < -0.4 is 5.32 Å². The molecule has 0 aliphatic rings. The van der Waals surface area contributed by atoms with Crippen molar-refractivity contribution in [2.75, 3.05) is 11.9 Å². The van der Waals surface area contributed by atoms with Crippen molar-refractivity contribution >= 4 is 39.7 Å². The molecular formula is C17H15FN4O3S2. The molecule has 0 radical (unpaired) electrons. The summed E-state index contributed by atoms with van der Waals surface area (Å²) in [4.78, 5) is 20.3. The Morgan fingerprint density at radius 3 is 2.74 bits per heavy atom. The number of hydrogen-bond acceptors (Lipinski definition) is 7. The number of rotatable bonds is 5. The molecule has 3 aromatic rings. The highest BCUT2D eigenvalue weighted by molar-refractivity contribution is 7.75. The SMILES string of the molecule is CCOC(=O)/N=[SH](=O)/c1ccc(Nc2ncc(-c3cccs3)c(F)n2)cc1. The standard InChI is InChI=1S/C17H15FN4O3S2/c1-2-25-17(23)22-27(24)12-7-5-11(6-8-12)20-16-19-10-13(15(18)21-16)14-4-3-9-26-14/h3-10,27H,2H2,1H3,(H,19,20,21). The summed E-state index contributed by atoms with van der Waals surface area (Å²) in [6.45, 7) is 1.80. The summed E-state index contributed by atoms with van der Waals surface area (Å²) in [5, 5.41) is 4.72. The number of carbonyl (C=O) groups excluding carboxylic acids is 1. The van der Waals surface area contributed by atoms with Gasteiger partial charge in [-0.1, -0.05) is 6.07 Å². The first-order chi connectivity index (χ1) is 13.1. The number of aromatic nitrogens is 2. The van der Waals surface area contributed by atoms with E-state index in [2.05, 4.69) is 24.4 Å². The molecule has 140 valence electrons. The molecule has 3 rings (SSSR count). The van der Waals surface area contributed by atoms with Crippen molar-refractivity contribution in [2.24, 2.45) is 4.36 Å². The zero-order valence-corrected chi connectivity index (χ0v) is 15.8. The van der Waals surface area contributed by atoms with Crippen LogP contribution in [0.3, 0.4) is 0 Å². The third-order valence-corrected chi connectivity index (χ3v) is 5.30. The number of thiophene rings is 1. The van der Waals surface area contributed by atoms with Crippen LogP contribution in [0.15, 0.2) is 57.2 Å². The topological polar surface area (TPSA) is 93.5 Å². The molecule has 1 amide bonds. The summed E-state index contributed by atoms with van der Waals surface area (Å²) in [5.41, 5.74) is 0.907. The summed E-state index contributed by atoms with van der Waals surface area (Å²) in [6.07, 6.45) is 0.551. The molecule has 1 aromatic carbocycles. The number of amides is 1. The number of thiol groups is 1. The molecule has 0 fully saturated rings. The lowest BCUT2D eigenvalue weighted by Crippen LogP contribution is -2.00. The number of carbonyl (C=O) groups is 1. The van der Waals surface area contributed by atoms with Crippen LogP contribution in [0.1, 0.15) is 6.92 Å². The van der Waals surface area contributed by atoms with E-state index in [1.165, 1.54) is 17.5 Å². The summed E-state index contributed by atoms with van der Waals surface area (Å²) < 4.78 is 34.3. The van der Waals surface area contributed by atoms with Gasteiger partial charge in [0.1, 0.15) is 0 Å². The van der Waals surface area contributed by atoms with Crippen molar-refractivity contribution in [3.63, 3.8) is 0 Å². The molecule has 10 heteroatoms. The van der Waals surface area contributed by atoms with Crippen molar-refractivity contribution in [2.45, 2.75) is 11.8 Å². The van der Waals surface area contributed by atoms with E-state index in [1.54, 1.807) is 37.3 Å². The van der Waals surface area contributed by atoms with Gasteiger partial charge in [0, 0.05) is 21.7 Å². The smallest absolute Gasteiger partial charge is 0.441 e. The fraction of sp³-hybridized carbons (Fsp3) is 0.118. The molecule has 2 aromatic heterocycles. The summed E-state index contributed by atoms with van der Waals surface area (Å²) in [5.74, 6) is -0.524. The van der Waals surface area contributed by atoms with Crippen LogP contribution in [-0.4, -0.2) is 26.9 Å².